The summed E-state index contributed by atoms with van der Waals surface area (Å²) in [5, 5.41) is 6.57. The molecule has 0 aliphatic heterocycles. The second kappa shape index (κ2) is 6.40. The summed E-state index contributed by atoms with van der Waals surface area (Å²) in [6.07, 6.45) is 1.92. The molecular weight excluding hydrogens is 186 g/mol. The zero-order chi connectivity index (χ0) is 11.1. The lowest BCUT2D eigenvalue weighted by Gasteiger charge is -2.08. The SMILES string of the molecule is CCNCc1ccc(NCC(C)C)nc1. The molecule has 0 saturated heterocycles. The maximum atomic E-state index is 4.35. The largest absolute Gasteiger partial charge is 0.370 e. The van der Waals surface area contributed by atoms with Crippen LogP contribution in [0.25, 0.3) is 0 Å². The highest BCUT2D eigenvalue weighted by molar-refractivity contribution is 5.35. The van der Waals surface area contributed by atoms with Gasteiger partial charge in [-0.2, -0.15) is 0 Å². The maximum Gasteiger partial charge on any atom is 0.125 e. The highest BCUT2D eigenvalue weighted by Crippen LogP contribution is 2.05. The minimum Gasteiger partial charge on any atom is -0.370 e. The van der Waals surface area contributed by atoms with Crippen LogP contribution >= 0.6 is 0 Å². The topological polar surface area (TPSA) is 37.0 Å². The van der Waals surface area contributed by atoms with Crippen molar-refractivity contribution in [1.29, 1.82) is 0 Å². The molecule has 0 saturated carbocycles. The van der Waals surface area contributed by atoms with Crippen molar-refractivity contribution in [3.63, 3.8) is 0 Å². The Morgan fingerprint density at radius 1 is 1.33 bits per heavy atom. The molecule has 1 rings (SSSR count). The first kappa shape index (κ1) is 12.0. The van der Waals surface area contributed by atoms with Gasteiger partial charge in [0.2, 0.25) is 0 Å². The first-order valence-electron chi connectivity index (χ1n) is 5.62. The van der Waals surface area contributed by atoms with Gasteiger partial charge in [-0.1, -0.05) is 26.8 Å². The lowest BCUT2D eigenvalue weighted by Crippen LogP contribution is -2.12. The van der Waals surface area contributed by atoms with E-state index in [0.717, 1.165) is 25.5 Å². The molecule has 0 unspecified atom stereocenters. The monoisotopic (exact) mass is 207 g/mol. The van der Waals surface area contributed by atoms with Crippen molar-refractivity contribution in [2.24, 2.45) is 5.92 Å². The van der Waals surface area contributed by atoms with E-state index < -0.39 is 0 Å². The number of pyridine rings is 1. The Balaban J connectivity index is 2.41. The van der Waals surface area contributed by atoms with Crippen LogP contribution in [-0.4, -0.2) is 18.1 Å². The molecule has 0 aliphatic rings. The van der Waals surface area contributed by atoms with Gasteiger partial charge < -0.3 is 10.6 Å². The van der Waals surface area contributed by atoms with E-state index in [9.17, 15) is 0 Å². The van der Waals surface area contributed by atoms with Gasteiger partial charge in [-0.25, -0.2) is 4.98 Å². The van der Waals surface area contributed by atoms with Crippen molar-refractivity contribution in [3.8, 4) is 0 Å². The van der Waals surface area contributed by atoms with Crippen molar-refractivity contribution < 1.29 is 0 Å². The van der Waals surface area contributed by atoms with Crippen LogP contribution in [0.15, 0.2) is 18.3 Å². The fourth-order valence-electron chi connectivity index (χ4n) is 1.21. The average molecular weight is 207 g/mol. The molecule has 3 heteroatoms. The van der Waals surface area contributed by atoms with Crippen LogP contribution in [0.2, 0.25) is 0 Å². The molecule has 0 radical (unpaired) electrons. The van der Waals surface area contributed by atoms with Gasteiger partial charge in [0.25, 0.3) is 0 Å². The second-order valence-corrected chi connectivity index (χ2v) is 4.11. The number of nitrogens with one attached hydrogen (secondary N) is 2. The third-order valence-corrected chi connectivity index (χ3v) is 2.10. The zero-order valence-corrected chi connectivity index (χ0v) is 9.88. The molecule has 0 bridgehead atoms. The number of rotatable bonds is 6. The maximum absolute atomic E-state index is 4.35. The summed E-state index contributed by atoms with van der Waals surface area (Å²) in [5.74, 6) is 1.61. The minimum atomic E-state index is 0.647. The Hall–Kier alpha value is -1.09. The Bertz CT molecular complexity index is 267. The quantitative estimate of drug-likeness (QED) is 0.751. The third kappa shape index (κ3) is 4.79. The predicted molar refractivity (Wildman–Crippen MR) is 64.9 cm³/mol. The molecule has 0 fully saturated rings. The molecule has 3 nitrogen and oxygen atoms in total. The number of aromatic nitrogens is 1. The highest BCUT2D eigenvalue weighted by Gasteiger charge is 1.96. The van der Waals surface area contributed by atoms with E-state index >= 15 is 0 Å². The van der Waals surface area contributed by atoms with Crippen LogP contribution in [-0.2, 0) is 6.54 Å². The van der Waals surface area contributed by atoms with E-state index in [4.69, 9.17) is 0 Å². The number of hydrogen-bond donors (Lipinski definition) is 2. The number of nitrogens with zero attached hydrogens (tertiary/aromatic N) is 1. The summed E-state index contributed by atoms with van der Waals surface area (Å²) in [6.45, 7) is 9.34. The zero-order valence-electron chi connectivity index (χ0n) is 9.88. The molecular formula is C12H21N3. The molecule has 0 aromatic carbocycles. The summed E-state index contributed by atoms with van der Waals surface area (Å²) in [7, 11) is 0. The second-order valence-electron chi connectivity index (χ2n) is 4.11. The molecule has 0 spiro atoms. The predicted octanol–water partition coefficient (Wildman–Crippen LogP) is 2.26. The van der Waals surface area contributed by atoms with Gasteiger partial charge in [0.05, 0.1) is 0 Å². The summed E-state index contributed by atoms with van der Waals surface area (Å²) in [5.41, 5.74) is 1.23. The molecule has 15 heavy (non-hydrogen) atoms. The lowest BCUT2D eigenvalue weighted by molar-refractivity contribution is 0.686. The van der Waals surface area contributed by atoms with Crippen molar-refractivity contribution in [2.45, 2.75) is 27.3 Å². The van der Waals surface area contributed by atoms with Gasteiger partial charge in [-0.05, 0) is 24.1 Å². The number of anilines is 1. The van der Waals surface area contributed by atoms with E-state index in [2.05, 4.69) is 42.5 Å². The number of hydrogen-bond acceptors (Lipinski definition) is 3. The van der Waals surface area contributed by atoms with Crippen LogP contribution in [0.3, 0.4) is 0 Å². The lowest BCUT2D eigenvalue weighted by atomic mass is 10.2. The van der Waals surface area contributed by atoms with Gasteiger partial charge >= 0.3 is 0 Å². The Morgan fingerprint density at radius 3 is 2.67 bits per heavy atom. The van der Waals surface area contributed by atoms with Gasteiger partial charge in [0, 0.05) is 19.3 Å². The average Bonchev–Trinajstić information content (AvgIpc) is 2.25. The van der Waals surface area contributed by atoms with E-state index in [1.807, 2.05) is 12.3 Å². The van der Waals surface area contributed by atoms with E-state index in [1.165, 1.54) is 5.56 Å². The van der Waals surface area contributed by atoms with Gasteiger partial charge in [-0.15, -0.1) is 0 Å². The van der Waals surface area contributed by atoms with E-state index in [-0.39, 0.29) is 0 Å². The summed E-state index contributed by atoms with van der Waals surface area (Å²) >= 11 is 0. The first-order valence-corrected chi connectivity index (χ1v) is 5.62. The molecule has 1 heterocycles. The van der Waals surface area contributed by atoms with Crippen LogP contribution in [0.4, 0.5) is 5.82 Å². The summed E-state index contributed by atoms with van der Waals surface area (Å²) in [6, 6.07) is 4.15. The molecule has 1 aromatic rings. The minimum absolute atomic E-state index is 0.647. The van der Waals surface area contributed by atoms with Crippen molar-refractivity contribution >= 4 is 5.82 Å². The standard InChI is InChI=1S/C12H21N3/c1-4-13-8-11-5-6-12(15-9-11)14-7-10(2)3/h5-6,9-10,13H,4,7-8H2,1-3H3,(H,14,15). The fraction of sp³-hybridized carbons (Fsp3) is 0.583. The molecule has 0 atom stereocenters. The molecule has 1 aromatic heterocycles. The normalized spacial score (nSPS) is 10.7. The highest BCUT2D eigenvalue weighted by atomic mass is 15.0. The molecule has 0 amide bonds. The van der Waals surface area contributed by atoms with Crippen molar-refractivity contribution in [3.05, 3.63) is 23.9 Å². The molecule has 0 aliphatic carbocycles. The molecule has 84 valence electrons. The molecule has 2 N–H and O–H groups in total. The summed E-state index contributed by atoms with van der Waals surface area (Å²) in [4.78, 5) is 4.35. The first-order chi connectivity index (χ1) is 7.22. The van der Waals surface area contributed by atoms with Crippen LogP contribution in [0.1, 0.15) is 26.3 Å². The van der Waals surface area contributed by atoms with E-state index in [1.54, 1.807) is 0 Å². The Morgan fingerprint density at radius 2 is 2.13 bits per heavy atom. The van der Waals surface area contributed by atoms with Gasteiger partial charge in [-0.3, -0.25) is 0 Å². The Labute approximate surface area is 92.3 Å². The summed E-state index contributed by atoms with van der Waals surface area (Å²) < 4.78 is 0. The van der Waals surface area contributed by atoms with Crippen LogP contribution in [0, 0.1) is 5.92 Å². The van der Waals surface area contributed by atoms with Gasteiger partial charge in [0.15, 0.2) is 0 Å². The van der Waals surface area contributed by atoms with Crippen molar-refractivity contribution in [2.75, 3.05) is 18.4 Å². The van der Waals surface area contributed by atoms with Gasteiger partial charge in [0.1, 0.15) is 5.82 Å². The van der Waals surface area contributed by atoms with Crippen molar-refractivity contribution in [1.82, 2.24) is 10.3 Å². The third-order valence-electron chi connectivity index (χ3n) is 2.10. The van der Waals surface area contributed by atoms with Crippen LogP contribution in [0.5, 0.6) is 0 Å². The fourth-order valence-corrected chi connectivity index (χ4v) is 1.21. The smallest absolute Gasteiger partial charge is 0.125 e. The van der Waals surface area contributed by atoms with Crippen LogP contribution < -0.4 is 10.6 Å². The van der Waals surface area contributed by atoms with E-state index in [0.29, 0.717) is 5.92 Å². The Kier molecular flexibility index (Phi) is 5.12.